The highest BCUT2D eigenvalue weighted by Gasteiger charge is 2.31. The number of nitrogens with one attached hydrogen (secondary N) is 1. The molecule has 1 aliphatic rings. The van der Waals surface area contributed by atoms with E-state index in [1.54, 1.807) is 25.5 Å². The van der Waals surface area contributed by atoms with Crippen molar-refractivity contribution >= 4 is 6.03 Å². The quantitative estimate of drug-likeness (QED) is 0.810. The topological polar surface area (TPSA) is 74.9 Å². The van der Waals surface area contributed by atoms with Crippen LogP contribution in [0.4, 0.5) is 4.79 Å². The van der Waals surface area contributed by atoms with Crippen molar-refractivity contribution in [2.45, 2.75) is 50.8 Å². The fraction of sp³-hybridized carbons (Fsp3) is 0.688. The molecule has 22 heavy (non-hydrogen) atoms. The van der Waals surface area contributed by atoms with Crippen LogP contribution in [0.3, 0.4) is 0 Å². The van der Waals surface area contributed by atoms with Gasteiger partial charge >= 0.3 is 6.03 Å². The molecule has 0 spiro atoms. The second-order valence-corrected chi connectivity index (χ2v) is 5.89. The van der Waals surface area contributed by atoms with Crippen LogP contribution in [0.25, 0.3) is 0 Å². The average molecular weight is 310 g/mol. The molecule has 2 N–H and O–H groups in total. The molecule has 2 rings (SSSR count). The number of aliphatic hydroxyl groups excluding tert-OH is 1. The summed E-state index contributed by atoms with van der Waals surface area (Å²) in [6, 6.07) is 3.59. The third-order valence-electron chi connectivity index (χ3n) is 4.13. The normalized spacial score (nSPS) is 20.9. The molecule has 0 saturated carbocycles. The number of nitrogens with zero attached hydrogens (tertiary/aromatic N) is 1. The minimum atomic E-state index is -0.667. The molecular weight excluding hydrogens is 284 g/mol. The van der Waals surface area contributed by atoms with Crippen LogP contribution >= 0.6 is 0 Å². The Hall–Kier alpha value is -1.53. The maximum atomic E-state index is 12.4. The van der Waals surface area contributed by atoms with Gasteiger partial charge < -0.3 is 24.5 Å². The third kappa shape index (κ3) is 4.48. The number of carbonyl (C=O) groups is 1. The van der Waals surface area contributed by atoms with E-state index in [1.165, 1.54) is 0 Å². The molecule has 0 radical (unpaired) electrons. The van der Waals surface area contributed by atoms with Crippen LogP contribution < -0.4 is 5.32 Å². The number of rotatable bonds is 7. The zero-order valence-corrected chi connectivity index (χ0v) is 13.3. The summed E-state index contributed by atoms with van der Waals surface area (Å²) in [5.41, 5.74) is 0. The van der Waals surface area contributed by atoms with Gasteiger partial charge in [-0.15, -0.1) is 0 Å². The Morgan fingerprint density at radius 1 is 1.64 bits per heavy atom. The molecule has 3 unspecified atom stereocenters. The van der Waals surface area contributed by atoms with Gasteiger partial charge in [0.2, 0.25) is 0 Å². The summed E-state index contributed by atoms with van der Waals surface area (Å²) in [5.74, 6) is 0.556. The van der Waals surface area contributed by atoms with Crippen molar-refractivity contribution < 1.29 is 19.1 Å². The summed E-state index contributed by atoms with van der Waals surface area (Å²) in [5, 5.41) is 13.2. The Kier molecular flexibility index (Phi) is 6.27. The van der Waals surface area contributed by atoms with E-state index in [9.17, 15) is 9.90 Å². The Labute approximate surface area is 131 Å². The van der Waals surface area contributed by atoms with E-state index < -0.39 is 6.10 Å². The van der Waals surface area contributed by atoms with Gasteiger partial charge in [-0.3, -0.25) is 0 Å². The minimum Gasteiger partial charge on any atom is -0.467 e. The first-order valence-electron chi connectivity index (χ1n) is 7.89. The lowest BCUT2D eigenvalue weighted by Crippen LogP contribution is -2.46. The largest absolute Gasteiger partial charge is 0.467 e. The Morgan fingerprint density at radius 2 is 2.45 bits per heavy atom. The van der Waals surface area contributed by atoms with Crippen LogP contribution in [-0.4, -0.2) is 48.4 Å². The second kappa shape index (κ2) is 8.19. The van der Waals surface area contributed by atoms with Gasteiger partial charge in [-0.1, -0.05) is 0 Å². The third-order valence-corrected chi connectivity index (χ3v) is 4.13. The van der Waals surface area contributed by atoms with E-state index in [0.29, 0.717) is 18.8 Å². The molecule has 1 fully saturated rings. The fourth-order valence-corrected chi connectivity index (χ4v) is 2.86. The molecule has 3 atom stereocenters. The summed E-state index contributed by atoms with van der Waals surface area (Å²) < 4.78 is 10.3. The number of ether oxygens (including phenoxy) is 1. The molecule has 2 amide bonds. The van der Waals surface area contributed by atoms with Gasteiger partial charge in [0.1, 0.15) is 11.9 Å². The van der Waals surface area contributed by atoms with E-state index in [-0.39, 0.29) is 18.1 Å². The van der Waals surface area contributed by atoms with Gasteiger partial charge in [-0.05, 0) is 38.3 Å². The maximum absolute atomic E-state index is 12.4. The van der Waals surface area contributed by atoms with Crippen molar-refractivity contribution in [3.8, 4) is 0 Å². The standard InChI is InChI=1S/C16H26N2O4/c1-12(7-10-21-2)17-16(20)18-8-3-5-13(18)11-14(19)15-6-4-9-22-15/h4,6,9,12-14,19H,3,5,7-8,10-11H2,1-2H3,(H,17,20). The number of carbonyl (C=O) groups excluding carboxylic acids is 1. The molecule has 124 valence electrons. The van der Waals surface area contributed by atoms with Crippen molar-refractivity contribution in [1.29, 1.82) is 0 Å². The summed E-state index contributed by atoms with van der Waals surface area (Å²) in [7, 11) is 1.65. The van der Waals surface area contributed by atoms with Gasteiger partial charge in [0.05, 0.1) is 6.26 Å². The van der Waals surface area contributed by atoms with Crippen LogP contribution in [0.5, 0.6) is 0 Å². The number of urea groups is 1. The van der Waals surface area contributed by atoms with E-state index >= 15 is 0 Å². The highest BCUT2D eigenvalue weighted by molar-refractivity contribution is 5.75. The van der Waals surface area contributed by atoms with E-state index in [0.717, 1.165) is 25.8 Å². The molecule has 1 aromatic heterocycles. The second-order valence-electron chi connectivity index (χ2n) is 5.89. The van der Waals surface area contributed by atoms with Gasteiger partial charge in [0.25, 0.3) is 0 Å². The van der Waals surface area contributed by atoms with Crippen molar-refractivity contribution in [2.75, 3.05) is 20.3 Å². The summed E-state index contributed by atoms with van der Waals surface area (Å²) >= 11 is 0. The number of aliphatic hydroxyl groups is 1. The molecule has 2 heterocycles. The van der Waals surface area contributed by atoms with Crippen LogP contribution in [0.1, 0.15) is 44.5 Å². The highest BCUT2D eigenvalue weighted by Crippen LogP contribution is 2.27. The van der Waals surface area contributed by atoms with Gasteiger partial charge in [-0.25, -0.2) is 4.79 Å². The Balaban J connectivity index is 1.85. The molecule has 0 aromatic carbocycles. The number of amides is 2. The highest BCUT2D eigenvalue weighted by atomic mass is 16.5. The summed E-state index contributed by atoms with van der Waals surface area (Å²) in [6.45, 7) is 3.33. The number of likely N-dealkylation sites (tertiary alicyclic amines) is 1. The molecular formula is C16H26N2O4. The molecule has 6 heteroatoms. The van der Waals surface area contributed by atoms with Crippen LogP contribution in [0.15, 0.2) is 22.8 Å². The van der Waals surface area contributed by atoms with Gasteiger partial charge in [-0.2, -0.15) is 0 Å². The first-order valence-corrected chi connectivity index (χ1v) is 7.89. The van der Waals surface area contributed by atoms with E-state index in [4.69, 9.17) is 9.15 Å². The summed E-state index contributed by atoms with van der Waals surface area (Å²) in [4.78, 5) is 14.2. The van der Waals surface area contributed by atoms with Crippen molar-refractivity contribution in [3.05, 3.63) is 24.2 Å². The number of methoxy groups -OCH3 is 1. The zero-order chi connectivity index (χ0) is 15.9. The average Bonchev–Trinajstić information content (AvgIpc) is 3.16. The van der Waals surface area contributed by atoms with E-state index in [1.807, 2.05) is 11.8 Å². The smallest absolute Gasteiger partial charge is 0.317 e. The maximum Gasteiger partial charge on any atom is 0.317 e. The number of furan rings is 1. The monoisotopic (exact) mass is 310 g/mol. The van der Waals surface area contributed by atoms with Crippen molar-refractivity contribution in [2.24, 2.45) is 0 Å². The Bertz CT molecular complexity index is 449. The number of hydrogen-bond donors (Lipinski definition) is 2. The van der Waals surface area contributed by atoms with E-state index in [2.05, 4.69) is 5.32 Å². The Morgan fingerprint density at radius 3 is 3.14 bits per heavy atom. The molecule has 0 bridgehead atoms. The lowest BCUT2D eigenvalue weighted by molar-refractivity contribution is 0.107. The fourth-order valence-electron chi connectivity index (χ4n) is 2.86. The van der Waals surface area contributed by atoms with Crippen molar-refractivity contribution in [3.63, 3.8) is 0 Å². The number of hydrogen-bond acceptors (Lipinski definition) is 4. The van der Waals surface area contributed by atoms with Crippen LogP contribution in [0, 0.1) is 0 Å². The predicted octanol–water partition coefficient (Wildman–Crippen LogP) is 2.30. The molecule has 6 nitrogen and oxygen atoms in total. The molecule has 1 aliphatic heterocycles. The molecule has 1 saturated heterocycles. The molecule has 0 aliphatic carbocycles. The summed E-state index contributed by atoms with van der Waals surface area (Å²) in [6.07, 6.45) is 4.06. The first kappa shape index (κ1) is 16.8. The predicted molar refractivity (Wildman–Crippen MR) is 82.5 cm³/mol. The SMILES string of the molecule is COCCC(C)NC(=O)N1CCCC1CC(O)c1ccco1. The van der Waals surface area contributed by atoms with Crippen LogP contribution in [-0.2, 0) is 4.74 Å². The first-order chi connectivity index (χ1) is 10.6. The lowest BCUT2D eigenvalue weighted by atomic mass is 10.1. The lowest BCUT2D eigenvalue weighted by Gasteiger charge is -2.28. The minimum absolute atomic E-state index is 0.0507. The van der Waals surface area contributed by atoms with Crippen LogP contribution in [0.2, 0.25) is 0 Å². The molecule has 1 aromatic rings. The van der Waals surface area contributed by atoms with Crippen molar-refractivity contribution in [1.82, 2.24) is 10.2 Å². The van der Waals surface area contributed by atoms with Gasteiger partial charge in [0.15, 0.2) is 0 Å². The van der Waals surface area contributed by atoms with Gasteiger partial charge in [0, 0.05) is 38.8 Å². The zero-order valence-electron chi connectivity index (χ0n) is 13.3.